The van der Waals surface area contributed by atoms with Gasteiger partial charge in [0.15, 0.2) is 0 Å². The Morgan fingerprint density at radius 1 is 1.62 bits per heavy atom. The quantitative estimate of drug-likeness (QED) is 0.854. The van der Waals surface area contributed by atoms with Gasteiger partial charge in [0.2, 0.25) is 0 Å². The maximum atomic E-state index is 5.84. The number of hydrogen-bond acceptors (Lipinski definition) is 4. The average molecular weight is 262 g/mol. The van der Waals surface area contributed by atoms with Crippen LogP contribution in [0, 0.1) is 12.8 Å². The van der Waals surface area contributed by atoms with Crippen LogP contribution in [-0.4, -0.2) is 17.1 Å². The van der Waals surface area contributed by atoms with Crippen molar-refractivity contribution in [2.45, 2.75) is 38.8 Å². The van der Waals surface area contributed by atoms with Crippen LogP contribution in [0.2, 0.25) is 0 Å². The van der Waals surface area contributed by atoms with Crippen molar-refractivity contribution in [1.82, 2.24) is 10.3 Å². The number of nitrogens with zero attached hydrogens (tertiary/aromatic N) is 1. The Morgan fingerprint density at radius 3 is 2.75 bits per heavy atom. The third kappa shape index (κ3) is 3.17. The van der Waals surface area contributed by atoms with E-state index >= 15 is 0 Å². The van der Waals surface area contributed by atoms with E-state index < -0.39 is 0 Å². The zero-order valence-corrected chi connectivity index (χ0v) is 11.5. The molecule has 1 aromatic heterocycles. The van der Waals surface area contributed by atoms with Crippen LogP contribution in [0.3, 0.4) is 0 Å². The van der Waals surface area contributed by atoms with Crippen LogP contribution >= 0.6 is 23.7 Å². The summed E-state index contributed by atoms with van der Waals surface area (Å²) in [5, 5.41) is 6.81. The van der Waals surface area contributed by atoms with Gasteiger partial charge in [-0.1, -0.05) is 0 Å². The van der Waals surface area contributed by atoms with Gasteiger partial charge in [0.25, 0.3) is 0 Å². The van der Waals surface area contributed by atoms with Crippen LogP contribution in [0.4, 0.5) is 0 Å². The highest BCUT2D eigenvalue weighted by Gasteiger charge is 2.39. The Hall–Kier alpha value is -0.160. The van der Waals surface area contributed by atoms with Crippen LogP contribution in [0.25, 0.3) is 0 Å². The molecule has 2 rings (SSSR count). The lowest BCUT2D eigenvalue weighted by Gasteiger charge is -2.29. The van der Waals surface area contributed by atoms with Crippen LogP contribution in [0.15, 0.2) is 5.38 Å². The van der Waals surface area contributed by atoms with Gasteiger partial charge < -0.3 is 11.1 Å². The number of rotatable bonds is 5. The van der Waals surface area contributed by atoms with Gasteiger partial charge >= 0.3 is 0 Å². The smallest absolute Gasteiger partial charge is 0.0897 e. The lowest BCUT2D eigenvalue weighted by molar-refractivity contribution is 0.315. The van der Waals surface area contributed by atoms with E-state index in [0.29, 0.717) is 6.54 Å². The summed E-state index contributed by atoms with van der Waals surface area (Å²) in [6.45, 7) is 5.82. The molecule has 3 N–H and O–H groups in total. The molecular weight excluding hydrogens is 242 g/mol. The molecule has 1 fully saturated rings. The third-order valence-corrected chi connectivity index (χ3v) is 4.06. The minimum Gasteiger partial charge on any atom is -0.329 e. The normalized spacial score (nSPS) is 18.9. The molecule has 3 nitrogen and oxygen atoms in total. The van der Waals surface area contributed by atoms with E-state index in [1.54, 1.807) is 11.3 Å². The van der Waals surface area contributed by atoms with Crippen molar-refractivity contribution >= 4 is 23.7 Å². The fraction of sp³-hybridized carbons (Fsp3) is 0.727. The highest BCUT2D eigenvalue weighted by Crippen LogP contribution is 2.39. The van der Waals surface area contributed by atoms with Gasteiger partial charge in [0.1, 0.15) is 0 Å². The van der Waals surface area contributed by atoms with Gasteiger partial charge in [-0.25, -0.2) is 4.98 Å². The van der Waals surface area contributed by atoms with E-state index in [2.05, 4.69) is 22.6 Å². The number of thiazole rings is 1. The molecule has 0 aromatic carbocycles. The molecule has 0 amide bonds. The summed E-state index contributed by atoms with van der Waals surface area (Å²) in [7, 11) is 0. The van der Waals surface area contributed by atoms with Gasteiger partial charge in [0.05, 0.1) is 10.7 Å². The van der Waals surface area contributed by atoms with Crippen molar-refractivity contribution in [2.24, 2.45) is 11.7 Å². The lowest BCUT2D eigenvalue weighted by atomic mass is 9.96. The molecule has 16 heavy (non-hydrogen) atoms. The maximum Gasteiger partial charge on any atom is 0.0897 e. The summed E-state index contributed by atoms with van der Waals surface area (Å²) in [5.74, 6) is 0.766. The van der Waals surface area contributed by atoms with E-state index in [-0.39, 0.29) is 17.9 Å². The predicted octanol–water partition coefficient (Wildman–Crippen LogP) is 2.09. The van der Waals surface area contributed by atoms with E-state index in [9.17, 15) is 0 Å². The van der Waals surface area contributed by atoms with Crippen molar-refractivity contribution < 1.29 is 0 Å². The third-order valence-electron chi connectivity index (χ3n) is 3.24. The molecule has 0 bridgehead atoms. The van der Waals surface area contributed by atoms with E-state index in [1.165, 1.54) is 12.8 Å². The molecule has 1 atom stereocenters. The molecule has 92 valence electrons. The van der Waals surface area contributed by atoms with Crippen molar-refractivity contribution in [3.05, 3.63) is 16.1 Å². The first kappa shape index (κ1) is 13.9. The molecule has 1 heterocycles. The van der Waals surface area contributed by atoms with Gasteiger partial charge in [-0.15, -0.1) is 23.7 Å². The Morgan fingerprint density at radius 2 is 2.31 bits per heavy atom. The number of aryl methyl sites for hydroxylation is 1. The topological polar surface area (TPSA) is 50.9 Å². The Labute approximate surface area is 107 Å². The number of halogens is 1. The van der Waals surface area contributed by atoms with Crippen molar-refractivity contribution in [2.75, 3.05) is 6.54 Å². The molecule has 0 aliphatic heterocycles. The van der Waals surface area contributed by atoms with Crippen LogP contribution in [-0.2, 0) is 6.54 Å². The standard InChI is InChI=1S/C11H19N3S.ClH/c1-8-14-10(6-15-8)5-13-11(2,7-12)9-3-4-9;/h6,9,13H,3-5,7,12H2,1-2H3;1H. The van der Waals surface area contributed by atoms with Crippen LogP contribution < -0.4 is 11.1 Å². The maximum absolute atomic E-state index is 5.84. The first-order valence-electron chi connectivity index (χ1n) is 5.50. The summed E-state index contributed by atoms with van der Waals surface area (Å²) in [4.78, 5) is 4.44. The summed E-state index contributed by atoms with van der Waals surface area (Å²) in [6.07, 6.45) is 2.63. The molecule has 1 aliphatic rings. The van der Waals surface area contributed by atoms with Crippen molar-refractivity contribution in [3.63, 3.8) is 0 Å². The number of nitrogens with one attached hydrogen (secondary N) is 1. The van der Waals surface area contributed by atoms with Gasteiger partial charge in [-0.05, 0) is 32.6 Å². The summed E-state index contributed by atoms with van der Waals surface area (Å²) in [5.41, 5.74) is 7.08. The van der Waals surface area contributed by atoms with E-state index in [1.807, 2.05) is 6.92 Å². The fourth-order valence-electron chi connectivity index (χ4n) is 1.89. The highest BCUT2D eigenvalue weighted by atomic mass is 35.5. The molecule has 5 heteroatoms. The first-order chi connectivity index (χ1) is 7.14. The second-order valence-electron chi connectivity index (χ2n) is 4.61. The van der Waals surface area contributed by atoms with Gasteiger partial charge in [-0.2, -0.15) is 0 Å². The molecule has 1 aromatic rings. The Kier molecular flexibility index (Phi) is 4.73. The minimum atomic E-state index is 0. The number of hydrogen-bond donors (Lipinski definition) is 2. The molecule has 1 aliphatic carbocycles. The lowest BCUT2D eigenvalue weighted by Crippen LogP contribution is -2.50. The summed E-state index contributed by atoms with van der Waals surface area (Å²) < 4.78 is 0. The molecule has 1 unspecified atom stereocenters. The van der Waals surface area contributed by atoms with Crippen LogP contribution in [0.5, 0.6) is 0 Å². The number of nitrogens with two attached hydrogens (primary N) is 1. The van der Waals surface area contributed by atoms with Crippen LogP contribution in [0.1, 0.15) is 30.5 Å². The molecular formula is C11H20ClN3S. The molecule has 0 radical (unpaired) electrons. The van der Waals surface area contributed by atoms with Gasteiger partial charge in [0, 0.05) is 24.0 Å². The summed E-state index contributed by atoms with van der Waals surface area (Å²) in [6, 6.07) is 0. The summed E-state index contributed by atoms with van der Waals surface area (Å²) >= 11 is 1.70. The average Bonchev–Trinajstić information content (AvgIpc) is 3.00. The zero-order valence-electron chi connectivity index (χ0n) is 9.82. The zero-order chi connectivity index (χ0) is 10.9. The van der Waals surface area contributed by atoms with E-state index in [0.717, 1.165) is 23.2 Å². The van der Waals surface area contributed by atoms with E-state index in [4.69, 9.17) is 5.73 Å². The van der Waals surface area contributed by atoms with Gasteiger partial charge in [-0.3, -0.25) is 0 Å². The molecule has 0 spiro atoms. The molecule has 1 saturated carbocycles. The second kappa shape index (κ2) is 5.45. The largest absolute Gasteiger partial charge is 0.329 e. The SMILES string of the molecule is Cc1nc(CNC(C)(CN)C2CC2)cs1.Cl. The monoisotopic (exact) mass is 261 g/mol. The number of aromatic nitrogens is 1. The predicted molar refractivity (Wildman–Crippen MR) is 71.1 cm³/mol. The highest BCUT2D eigenvalue weighted by molar-refractivity contribution is 7.09. The second-order valence-corrected chi connectivity index (χ2v) is 5.67. The minimum absolute atomic E-state index is 0. The van der Waals surface area contributed by atoms with Crippen molar-refractivity contribution in [3.8, 4) is 0 Å². The Bertz CT molecular complexity index is 338. The fourth-order valence-corrected chi connectivity index (χ4v) is 2.50. The first-order valence-corrected chi connectivity index (χ1v) is 6.38. The Balaban J connectivity index is 0.00000128. The van der Waals surface area contributed by atoms with Crippen molar-refractivity contribution in [1.29, 1.82) is 0 Å². The molecule has 0 saturated heterocycles.